The van der Waals surface area contributed by atoms with Crippen molar-refractivity contribution in [3.8, 4) is 5.75 Å². The summed E-state index contributed by atoms with van der Waals surface area (Å²) in [4.78, 5) is 0. The predicted octanol–water partition coefficient (Wildman–Crippen LogP) is 0.836. The number of nitrogens with one attached hydrogen (secondary N) is 1. The number of phenols is 1. The lowest BCUT2D eigenvalue weighted by Crippen LogP contribution is -2.56. The largest absolute Gasteiger partial charge is 0.506 e. The molecule has 1 aliphatic heterocycles. The molecule has 0 spiro atoms. The van der Waals surface area contributed by atoms with Gasteiger partial charge >= 0.3 is 0 Å². The third-order valence-corrected chi connectivity index (χ3v) is 2.62. The van der Waals surface area contributed by atoms with Crippen molar-refractivity contribution in [2.45, 2.75) is 5.60 Å². The van der Waals surface area contributed by atoms with E-state index in [2.05, 4.69) is 5.32 Å². The van der Waals surface area contributed by atoms with E-state index in [-0.39, 0.29) is 10.8 Å². The molecule has 0 aliphatic carbocycles. The van der Waals surface area contributed by atoms with Crippen LogP contribution in [0.25, 0.3) is 0 Å². The smallest absolute Gasteiger partial charge is 0.134 e. The van der Waals surface area contributed by atoms with Crippen LogP contribution in [0.4, 0.5) is 0 Å². The Morgan fingerprint density at radius 2 is 2.08 bits per heavy atom. The lowest BCUT2D eigenvalue weighted by molar-refractivity contribution is -0.0146. The van der Waals surface area contributed by atoms with E-state index in [1.165, 1.54) is 6.07 Å². The summed E-state index contributed by atoms with van der Waals surface area (Å²) in [5.41, 5.74) is -0.0637. The molecular weight excluding hydrogens is 190 g/mol. The maximum absolute atomic E-state index is 9.89. The molecule has 4 heteroatoms. The van der Waals surface area contributed by atoms with E-state index in [4.69, 9.17) is 11.6 Å². The number of rotatable bonds is 1. The van der Waals surface area contributed by atoms with Gasteiger partial charge in [-0.25, -0.2) is 0 Å². The quantitative estimate of drug-likeness (QED) is 0.628. The minimum Gasteiger partial charge on any atom is -0.506 e. The van der Waals surface area contributed by atoms with E-state index in [1.54, 1.807) is 12.1 Å². The van der Waals surface area contributed by atoms with E-state index in [1.807, 2.05) is 0 Å². The Morgan fingerprint density at radius 1 is 1.38 bits per heavy atom. The van der Waals surface area contributed by atoms with Crippen molar-refractivity contribution >= 4 is 11.6 Å². The number of hydrogen-bond acceptors (Lipinski definition) is 3. The van der Waals surface area contributed by atoms with Crippen LogP contribution in [0.3, 0.4) is 0 Å². The van der Waals surface area contributed by atoms with Crippen molar-refractivity contribution in [2.24, 2.45) is 0 Å². The van der Waals surface area contributed by atoms with E-state index in [9.17, 15) is 10.2 Å². The zero-order valence-corrected chi connectivity index (χ0v) is 7.67. The van der Waals surface area contributed by atoms with Crippen LogP contribution in [0.5, 0.6) is 5.75 Å². The van der Waals surface area contributed by atoms with E-state index < -0.39 is 5.60 Å². The van der Waals surface area contributed by atoms with Crippen molar-refractivity contribution in [1.82, 2.24) is 5.32 Å². The third-order valence-electron chi connectivity index (χ3n) is 2.32. The number of halogens is 1. The fourth-order valence-corrected chi connectivity index (χ4v) is 1.54. The van der Waals surface area contributed by atoms with Gasteiger partial charge < -0.3 is 15.5 Å². The van der Waals surface area contributed by atoms with Gasteiger partial charge in [0, 0.05) is 13.1 Å². The summed E-state index contributed by atoms with van der Waals surface area (Å²) < 4.78 is 0. The summed E-state index contributed by atoms with van der Waals surface area (Å²) >= 11 is 5.72. The van der Waals surface area contributed by atoms with Crippen LogP contribution in [0.15, 0.2) is 18.2 Å². The highest BCUT2D eigenvalue weighted by molar-refractivity contribution is 6.32. The van der Waals surface area contributed by atoms with Crippen LogP contribution in [0.1, 0.15) is 5.56 Å². The second-order valence-electron chi connectivity index (χ2n) is 3.30. The highest BCUT2D eigenvalue weighted by Crippen LogP contribution is 2.31. The SMILES string of the molecule is Oc1ccc(C2(O)CNC2)cc1Cl. The molecule has 0 saturated carbocycles. The summed E-state index contributed by atoms with van der Waals surface area (Å²) in [6.45, 7) is 1.07. The first-order valence-corrected chi connectivity index (χ1v) is 4.42. The van der Waals surface area contributed by atoms with Crippen LogP contribution in [-0.4, -0.2) is 23.3 Å². The Labute approximate surface area is 81.0 Å². The molecule has 0 radical (unpaired) electrons. The summed E-state index contributed by atoms with van der Waals surface area (Å²) in [5.74, 6) is 0.0429. The second-order valence-corrected chi connectivity index (χ2v) is 3.71. The summed E-state index contributed by atoms with van der Waals surface area (Å²) in [7, 11) is 0. The molecular formula is C9H10ClNO2. The zero-order chi connectivity index (χ0) is 9.47. The lowest BCUT2D eigenvalue weighted by atomic mass is 9.88. The van der Waals surface area contributed by atoms with Crippen LogP contribution >= 0.6 is 11.6 Å². The second kappa shape index (κ2) is 2.87. The molecule has 70 valence electrons. The van der Waals surface area contributed by atoms with Gasteiger partial charge in [0.2, 0.25) is 0 Å². The molecule has 1 aromatic rings. The zero-order valence-electron chi connectivity index (χ0n) is 6.92. The standard InChI is InChI=1S/C9H10ClNO2/c10-7-3-6(1-2-8(7)12)9(13)4-11-5-9/h1-3,11-13H,4-5H2. The monoisotopic (exact) mass is 199 g/mol. The fraction of sp³-hybridized carbons (Fsp3) is 0.333. The average molecular weight is 200 g/mol. The van der Waals surface area contributed by atoms with Gasteiger partial charge in [0.25, 0.3) is 0 Å². The van der Waals surface area contributed by atoms with Gasteiger partial charge in [-0.1, -0.05) is 17.7 Å². The fourth-order valence-electron chi connectivity index (χ4n) is 1.36. The van der Waals surface area contributed by atoms with Crippen molar-refractivity contribution in [2.75, 3.05) is 13.1 Å². The Hall–Kier alpha value is -0.770. The van der Waals surface area contributed by atoms with Gasteiger partial charge in [0.1, 0.15) is 11.4 Å². The van der Waals surface area contributed by atoms with Crippen molar-refractivity contribution < 1.29 is 10.2 Å². The summed E-state index contributed by atoms with van der Waals surface area (Å²) in [6.07, 6.45) is 0. The summed E-state index contributed by atoms with van der Waals surface area (Å²) in [6, 6.07) is 4.77. The van der Waals surface area contributed by atoms with Crippen LogP contribution in [0.2, 0.25) is 5.02 Å². The maximum Gasteiger partial charge on any atom is 0.134 e. The molecule has 0 atom stereocenters. The molecule has 1 aromatic carbocycles. The molecule has 13 heavy (non-hydrogen) atoms. The number of β-amino-alcohol motifs (C(OH)–C–C–N with tert-alkyl or cyclic N) is 1. The van der Waals surface area contributed by atoms with Gasteiger partial charge in [0.05, 0.1) is 5.02 Å². The summed E-state index contributed by atoms with van der Waals surface area (Å²) in [5, 5.41) is 22.3. The maximum atomic E-state index is 9.89. The van der Waals surface area contributed by atoms with Gasteiger partial charge in [-0.3, -0.25) is 0 Å². The highest BCUT2D eigenvalue weighted by atomic mass is 35.5. The molecule has 0 bridgehead atoms. The normalized spacial score (nSPS) is 19.5. The third kappa shape index (κ3) is 1.39. The van der Waals surface area contributed by atoms with Gasteiger partial charge in [-0.15, -0.1) is 0 Å². The Morgan fingerprint density at radius 3 is 2.54 bits per heavy atom. The number of phenolic OH excluding ortho intramolecular Hbond substituents is 1. The molecule has 0 aromatic heterocycles. The predicted molar refractivity (Wildman–Crippen MR) is 49.9 cm³/mol. The molecule has 1 saturated heterocycles. The lowest BCUT2D eigenvalue weighted by Gasteiger charge is -2.38. The molecule has 0 unspecified atom stereocenters. The van der Waals surface area contributed by atoms with Gasteiger partial charge in [-0.2, -0.15) is 0 Å². The van der Waals surface area contributed by atoms with Crippen molar-refractivity contribution in [3.05, 3.63) is 28.8 Å². The minimum absolute atomic E-state index is 0.0429. The first-order valence-electron chi connectivity index (χ1n) is 4.04. The van der Waals surface area contributed by atoms with E-state index in [0.29, 0.717) is 13.1 Å². The number of aromatic hydroxyl groups is 1. The molecule has 3 nitrogen and oxygen atoms in total. The van der Waals surface area contributed by atoms with E-state index >= 15 is 0 Å². The molecule has 2 rings (SSSR count). The van der Waals surface area contributed by atoms with Crippen LogP contribution in [-0.2, 0) is 5.60 Å². The minimum atomic E-state index is -0.808. The first kappa shape index (κ1) is 8.81. The molecule has 0 amide bonds. The highest BCUT2D eigenvalue weighted by Gasteiger charge is 2.36. The molecule has 3 N–H and O–H groups in total. The van der Waals surface area contributed by atoms with Crippen LogP contribution in [0, 0.1) is 0 Å². The number of hydrogen-bond donors (Lipinski definition) is 3. The Balaban J connectivity index is 2.36. The van der Waals surface area contributed by atoms with Crippen molar-refractivity contribution in [3.63, 3.8) is 0 Å². The van der Waals surface area contributed by atoms with Gasteiger partial charge in [0.15, 0.2) is 0 Å². The first-order chi connectivity index (χ1) is 6.12. The average Bonchev–Trinajstić information content (AvgIpc) is 2.06. The molecule has 1 heterocycles. The number of benzene rings is 1. The Bertz CT molecular complexity index is 336. The molecule has 1 fully saturated rings. The van der Waals surface area contributed by atoms with Crippen molar-refractivity contribution in [1.29, 1.82) is 0 Å². The topological polar surface area (TPSA) is 52.5 Å². The van der Waals surface area contributed by atoms with Gasteiger partial charge in [-0.05, 0) is 17.7 Å². The Kier molecular flexibility index (Phi) is 1.95. The number of aliphatic hydroxyl groups is 1. The van der Waals surface area contributed by atoms with E-state index in [0.717, 1.165) is 5.56 Å². The van der Waals surface area contributed by atoms with Crippen LogP contribution < -0.4 is 5.32 Å². The molecule has 1 aliphatic rings.